The minimum Gasteiger partial charge on any atom is -0.398 e. The minimum atomic E-state index is -0.300. The van der Waals surface area contributed by atoms with Gasteiger partial charge in [-0.3, -0.25) is 4.79 Å². The highest BCUT2D eigenvalue weighted by Gasteiger charge is 2.11. The van der Waals surface area contributed by atoms with Gasteiger partial charge >= 0.3 is 0 Å². The lowest BCUT2D eigenvalue weighted by atomic mass is 10.1. The summed E-state index contributed by atoms with van der Waals surface area (Å²) in [5.41, 5.74) is 7.84. The highest BCUT2D eigenvalue weighted by Crippen LogP contribution is 2.21. The summed E-state index contributed by atoms with van der Waals surface area (Å²) in [5.74, 6) is -0.300. The number of aliphatic hydroxyl groups is 1. The average Bonchev–Trinajstić information content (AvgIpc) is 2.39. The Kier molecular flexibility index (Phi) is 4.19. The molecular formula is C14H13BrN2O2. The van der Waals surface area contributed by atoms with Crippen molar-refractivity contribution in [1.82, 2.24) is 0 Å². The van der Waals surface area contributed by atoms with Crippen molar-refractivity contribution in [2.45, 2.75) is 6.61 Å². The van der Waals surface area contributed by atoms with Crippen molar-refractivity contribution in [2.75, 3.05) is 11.1 Å². The molecule has 5 heteroatoms. The molecule has 0 heterocycles. The van der Waals surface area contributed by atoms with Crippen LogP contribution in [0, 0.1) is 0 Å². The zero-order valence-electron chi connectivity index (χ0n) is 10.1. The Hall–Kier alpha value is -1.85. The third-order valence-electron chi connectivity index (χ3n) is 2.69. The third kappa shape index (κ3) is 3.13. The number of nitrogen functional groups attached to an aromatic ring is 1. The molecule has 0 atom stereocenters. The summed E-state index contributed by atoms with van der Waals surface area (Å²) in [4.78, 5) is 12.1. The lowest BCUT2D eigenvalue weighted by Gasteiger charge is -2.10. The Bertz CT molecular complexity index is 614. The van der Waals surface area contributed by atoms with Gasteiger partial charge in [-0.15, -0.1) is 0 Å². The summed E-state index contributed by atoms with van der Waals surface area (Å²) in [6.07, 6.45) is 0. The number of carbonyl (C=O) groups is 1. The van der Waals surface area contributed by atoms with Crippen molar-refractivity contribution in [2.24, 2.45) is 0 Å². The van der Waals surface area contributed by atoms with Crippen LogP contribution in [0.5, 0.6) is 0 Å². The predicted molar refractivity (Wildman–Crippen MR) is 78.9 cm³/mol. The zero-order chi connectivity index (χ0) is 13.8. The first kappa shape index (κ1) is 13.6. The Morgan fingerprint density at radius 1 is 1.26 bits per heavy atom. The standard InChI is InChI=1S/C14H13BrN2O2/c15-10-5-6-11(12(16)7-10)14(19)17-13-4-2-1-3-9(13)8-18/h1-7,18H,8,16H2,(H,17,19). The molecule has 0 spiro atoms. The van der Waals surface area contributed by atoms with Crippen LogP contribution in [0.1, 0.15) is 15.9 Å². The Morgan fingerprint density at radius 2 is 2.00 bits per heavy atom. The molecule has 0 saturated carbocycles. The van der Waals surface area contributed by atoms with Crippen molar-refractivity contribution in [1.29, 1.82) is 0 Å². The van der Waals surface area contributed by atoms with E-state index in [0.717, 1.165) is 4.47 Å². The van der Waals surface area contributed by atoms with Crippen LogP contribution in [-0.4, -0.2) is 11.0 Å². The van der Waals surface area contributed by atoms with E-state index >= 15 is 0 Å². The third-order valence-corrected chi connectivity index (χ3v) is 3.19. The van der Waals surface area contributed by atoms with Gasteiger partial charge in [-0.1, -0.05) is 34.1 Å². The van der Waals surface area contributed by atoms with E-state index in [1.165, 1.54) is 0 Å². The maximum Gasteiger partial charge on any atom is 0.257 e. The first-order valence-corrected chi connectivity index (χ1v) is 6.46. The number of nitrogens with two attached hydrogens (primary N) is 1. The van der Waals surface area contributed by atoms with Gasteiger partial charge in [0.25, 0.3) is 5.91 Å². The Balaban J connectivity index is 2.26. The van der Waals surface area contributed by atoms with E-state index in [1.54, 1.807) is 42.5 Å². The number of para-hydroxylation sites is 1. The van der Waals surface area contributed by atoms with Crippen LogP contribution in [0.2, 0.25) is 0 Å². The smallest absolute Gasteiger partial charge is 0.257 e. The van der Waals surface area contributed by atoms with Gasteiger partial charge in [-0.2, -0.15) is 0 Å². The van der Waals surface area contributed by atoms with Crippen molar-refractivity contribution in [3.63, 3.8) is 0 Å². The van der Waals surface area contributed by atoms with E-state index in [-0.39, 0.29) is 12.5 Å². The zero-order valence-corrected chi connectivity index (χ0v) is 11.6. The molecule has 0 aromatic heterocycles. The van der Waals surface area contributed by atoms with Gasteiger partial charge < -0.3 is 16.2 Å². The number of nitrogens with one attached hydrogen (secondary N) is 1. The van der Waals surface area contributed by atoms with Gasteiger partial charge in [-0.05, 0) is 24.3 Å². The molecule has 4 nitrogen and oxygen atoms in total. The van der Waals surface area contributed by atoms with E-state index in [0.29, 0.717) is 22.5 Å². The fourth-order valence-electron chi connectivity index (χ4n) is 1.71. The molecule has 2 aromatic rings. The van der Waals surface area contributed by atoms with Crippen LogP contribution in [0.3, 0.4) is 0 Å². The molecule has 0 fully saturated rings. The molecule has 1 amide bonds. The van der Waals surface area contributed by atoms with E-state index in [4.69, 9.17) is 5.73 Å². The van der Waals surface area contributed by atoms with Crippen LogP contribution < -0.4 is 11.1 Å². The summed E-state index contributed by atoms with van der Waals surface area (Å²) in [6, 6.07) is 12.2. The number of aliphatic hydroxyl groups excluding tert-OH is 1. The summed E-state index contributed by atoms with van der Waals surface area (Å²) in [7, 11) is 0. The van der Waals surface area contributed by atoms with Gasteiger partial charge in [0.1, 0.15) is 0 Å². The fraction of sp³-hybridized carbons (Fsp3) is 0.0714. The van der Waals surface area contributed by atoms with Gasteiger partial charge in [-0.25, -0.2) is 0 Å². The Morgan fingerprint density at radius 3 is 2.68 bits per heavy atom. The summed E-state index contributed by atoms with van der Waals surface area (Å²) in [6.45, 7) is -0.133. The summed E-state index contributed by atoms with van der Waals surface area (Å²) in [5, 5.41) is 12.0. The molecular weight excluding hydrogens is 308 g/mol. The van der Waals surface area contributed by atoms with E-state index in [1.807, 2.05) is 0 Å². The second-order valence-corrected chi connectivity index (χ2v) is 4.92. The van der Waals surface area contributed by atoms with E-state index < -0.39 is 0 Å². The number of carbonyl (C=O) groups excluding carboxylic acids is 1. The van der Waals surface area contributed by atoms with Crippen molar-refractivity contribution < 1.29 is 9.90 Å². The quantitative estimate of drug-likeness (QED) is 0.761. The van der Waals surface area contributed by atoms with Crippen LogP contribution in [0.15, 0.2) is 46.9 Å². The molecule has 0 bridgehead atoms. The number of anilines is 2. The van der Waals surface area contributed by atoms with Crippen molar-refractivity contribution in [3.8, 4) is 0 Å². The molecule has 0 unspecified atom stereocenters. The molecule has 19 heavy (non-hydrogen) atoms. The number of rotatable bonds is 3. The molecule has 2 rings (SSSR count). The molecule has 0 aliphatic rings. The normalized spacial score (nSPS) is 10.2. The lowest BCUT2D eigenvalue weighted by Crippen LogP contribution is -2.15. The van der Waals surface area contributed by atoms with Crippen LogP contribution >= 0.6 is 15.9 Å². The maximum atomic E-state index is 12.1. The van der Waals surface area contributed by atoms with Gasteiger partial charge in [0.15, 0.2) is 0 Å². The molecule has 2 aromatic carbocycles. The maximum absolute atomic E-state index is 12.1. The van der Waals surface area contributed by atoms with Gasteiger partial charge in [0, 0.05) is 21.4 Å². The first-order valence-electron chi connectivity index (χ1n) is 5.67. The predicted octanol–water partition coefficient (Wildman–Crippen LogP) is 2.78. The fourth-order valence-corrected chi connectivity index (χ4v) is 2.09. The second-order valence-electron chi connectivity index (χ2n) is 4.00. The summed E-state index contributed by atoms with van der Waals surface area (Å²) < 4.78 is 0.817. The van der Waals surface area contributed by atoms with Crippen molar-refractivity contribution >= 4 is 33.2 Å². The van der Waals surface area contributed by atoms with Crippen LogP contribution in [-0.2, 0) is 6.61 Å². The molecule has 0 saturated heterocycles. The lowest BCUT2D eigenvalue weighted by molar-refractivity contribution is 0.102. The molecule has 98 valence electrons. The topological polar surface area (TPSA) is 75.4 Å². The van der Waals surface area contributed by atoms with Crippen LogP contribution in [0.4, 0.5) is 11.4 Å². The first-order chi connectivity index (χ1) is 9.11. The molecule has 0 aliphatic heterocycles. The minimum absolute atomic E-state index is 0.133. The highest BCUT2D eigenvalue weighted by atomic mass is 79.9. The molecule has 0 aliphatic carbocycles. The average molecular weight is 321 g/mol. The second kappa shape index (κ2) is 5.86. The molecule has 0 radical (unpaired) electrons. The monoisotopic (exact) mass is 320 g/mol. The highest BCUT2D eigenvalue weighted by molar-refractivity contribution is 9.10. The number of hydrogen-bond acceptors (Lipinski definition) is 3. The number of benzene rings is 2. The van der Waals surface area contributed by atoms with Crippen molar-refractivity contribution in [3.05, 3.63) is 58.1 Å². The van der Waals surface area contributed by atoms with E-state index in [9.17, 15) is 9.90 Å². The SMILES string of the molecule is Nc1cc(Br)ccc1C(=O)Nc1ccccc1CO. The van der Waals surface area contributed by atoms with E-state index in [2.05, 4.69) is 21.2 Å². The van der Waals surface area contributed by atoms with Gasteiger partial charge in [0.05, 0.1) is 12.2 Å². The van der Waals surface area contributed by atoms with Crippen LogP contribution in [0.25, 0.3) is 0 Å². The number of amides is 1. The number of halogens is 1. The summed E-state index contributed by atoms with van der Waals surface area (Å²) >= 11 is 3.29. The number of hydrogen-bond donors (Lipinski definition) is 3. The largest absolute Gasteiger partial charge is 0.398 e. The molecule has 4 N–H and O–H groups in total. The van der Waals surface area contributed by atoms with Gasteiger partial charge in [0.2, 0.25) is 0 Å². The Labute approximate surface area is 119 Å².